The van der Waals surface area contributed by atoms with Gasteiger partial charge in [-0.05, 0) is 30.2 Å². The number of benzene rings is 2. The summed E-state index contributed by atoms with van der Waals surface area (Å²) in [5.41, 5.74) is 0.898. The standard InChI is InChI=1S/C18H18ClN3O2/c1-2-18(24,13-6-4-3-5-7-13)11-15-12-22(21-20-15)16-10-14(19)8-9-17(16)23/h3-10,12,23-24H,2,11H2,1H3. The van der Waals surface area contributed by atoms with Crippen molar-refractivity contribution in [3.8, 4) is 11.4 Å². The van der Waals surface area contributed by atoms with Gasteiger partial charge in [0.25, 0.3) is 0 Å². The van der Waals surface area contributed by atoms with Gasteiger partial charge in [-0.2, -0.15) is 0 Å². The van der Waals surface area contributed by atoms with Crippen molar-refractivity contribution in [1.29, 1.82) is 0 Å². The van der Waals surface area contributed by atoms with Gasteiger partial charge in [-0.15, -0.1) is 5.10 Å². The van der Waals surface area contributed by atoms with Gasteiger partial charge in [-0.25, -0.2) is 4.68 Å². The minimum Gasteiger partial charge on any atom is -0.506 e. The Morgan fingerprint density at radius 2 is 1.92 bits per heavy atom. The second-order valence-electron chi connectivity index (χ2n) is 5.72. The molecular formula is C18H18ClN3O2. The minimum absolute atomic E-state index is 0.0599. The van der Waals surface area contributed by atoms with Crippen molar-refractivity contribution in [2.45, 2.75) is 25.4 Å². The summed E-state index contributed by atoms with van der Waals surface area (Å²) in [5, 5.41) is 29.6. The number of aliphatic hydroxyl groups is 1. The summed E-state index contributed by atoms with van der Waals surface area (Å²) in [6.45, 7) is 1.93. The molecule has 1 aromatic heterocycles. The zero-order chi connectivity index (χ0) is 17.2. The Hall–Kier alpha value is -2.37. The van der Waals surface area contributed by atoms with Gasteiger partial charge in [-0.3, -0.25) is 0 Å². The highest BCUT2D eigenvalue weighted by atomic mass is 35.5. The molecule has 1 atom stereocenters. The fourth-order valence-electron chi connectivity index (χ4n) is 2.66. The number of phenolic OH excluding ortho intramolecular Hbond substituents is 1. The van der Waals surface area contributed by atoms with E-state index in [9.17, 15) is 10.2 Å². The monoisotopic (exact) mass is 343 g/mol. The van der Waals surface area contributed by atoms with Crippen molar-refractivity contribution in [2.75, 3.05) is 0 Å². The fraction of sp³-hybridized carbons (Fsp3) is 0.222. The predicted molar refractivity (Wildman–Crippen MR) is 92.4 cm³/mol. The maximum Gasteiger partial charge on any atom is 0.141 e. The van der Waals surface area contributed by atoms with Crippen molar-refractivity contribution in [3.63, 3.8) is 0 Å². The molecule has 124 valence electrons. The van der Waals surface area contributed by atoms with Gasteiger partial charge in [0.05, 0.1) is 17.5 Å². The summed E-state index contributed by atoms with van der Waals surface area (Å²) in [4.78, 5) is 0. The molecule has 0 saturated carbocycles. The number of halogens is 1. The van der Waals surface area contributed by atoms with E-state index in [2.05, 4.69) is 10.3 Å². The lowest BCUT2D eigenvalue weighted by Gasteiger charge is -2.26. The van der Waals surface area contributed by atoms with Crippen LogP contribution < -0.4 is 0 Å². The van der Waals surface area contributed by atoms with Crippen molar-refractivity contribution in [3.05, 3.63) is 71.0 Å². The number of nitrogens with zero attached hydrogens (tertiary/aromatic N) is 3. The summed E-state index contributed by atoms with van der Waals surface area (Å²) in [7, 11) is 0. The van der Waals surface area contributed by atoms with E-state index < -0.39 is 5.60 Å². The van der Waals surface area contributed by atoms with Gasteiger partial charge >= 0.3 is 0 Å². The van der Waals surface area contributed by atoms with E-state index in [-0.39, 0.29) is 5.75 Å². The Morgan fingerprint density at radius 3 is 2.62 bits per heavy atom. The molecule has 0 aliphatic heterocycles. The first-order chi connectivity index (χ1) is 11.5. The first kappa shape index (κ1) is 16.5. The third-order valence-electron chi connectivity index (χ3n) is 4.09. The number of rotatable bonds is 5. The van der Waals surface area contributed by atoms with Gasteiger partial charge in [0, 0.05) is 11.4 Å². The molecule has 1 heterocycles. The first-order valence-electron chi connectivity index (χ1n) is 7.70. The van der Waals surface area contributed by atoms with E-state index in [1.165, 1.54) is 10.7 Å². The van der Waals surface area contributed by atoms with Crippen LogP contribution in [0.3, 0.4) is 0 Å². The molecule has 0 radical (unpaired) electrons. The number of hydrogen-bond acceptors (Lipinski definition) is 4. The zero-order valence-corrected chi connectivity index (χ0v) is 14.0. The third-order valence-corrected chi connectivity index (χ3v) is 4.33. The molecule has 0 saturated heterocycles. The van der Waals surface area contributed by atoms with Crippen molar-refractivity contribution in [1.82, 2.24) is 15.0 Å². The van der Waals surface area contributed by atoms with Crippen LogP contribution in [0.15, 0.2) is 54.7 Å². The zero-order valence-electron chi connectivity index (χ0n) is 13.2. The van der Waals surface area contributed by atoms with Gasteiger partial charge in [0.15, 0.2) is 0 Å². The highest BCUT2D eigenvalue weighted by molar-refractivity contribution is 6.30. The molecular weight excluding hydrogens is 326 g/mol. The Balaban J connectivity index is 1.89. The Labute approximate surface area is 145 Å². The van der Waals surface area contributed by atoms with Gasteiger partial charge in [0.2, 0.25) is 0 Å². The number of aromatic hydroxyl groups is 1. The summed E-state index contributed by atoms with van der Waals surface area (Å²) < 4.78 is 1.46. The molecule has 0 bridgehead atoms. The highest BCUT2D eigenvalue weighted by Gasteiger charge is 2.28. The lowest BCUT2D eigenvalue weighted by atomic mass is 9.87. The Kier molecular flexibility index (Phi) is 4.55. The SMILES string of the molecule is CCC(O)(Cc1cn(-c2cc(Cl)ccc2O)nn1)c1ccccc1. The molecule has 0 aliphatic rings. The average molecular weight is 344 g/mol. The van der Waals surface area contributed by atoms with E-state index in [4.69, 9.17) is 11.6 Å². The molecule has 24 heavy (non-hydrogen) atoms. The smallest absolute Gasteiger partial charge is 0.141 e. The van der Waals surface area contributed by atoms with Crippen LogP contribution in [0.5, 0.6) is 5.75 Å². The van der Waals surface area contributed by atoms with E-state index in [0.29, 0.717) is 29.2 Å². The molecule has 0 aliphatic carbocycles. The Morgan fingerprint density at radius 1 is 1.17 bits per heavy atom. The second-order valence-corrected chi connectivity index (χ2v) is 6.15. The van der Waals surface area contributed by atoms with Gasteiger partial charge < -0.3 is 10.2 Å². The topological polar surface area (TPSA) is 71.2 Å². The number of phenols is 1. The summed E-state index contributed by atoms with van der Waals surface area (Å²) in [6, 6.07) is 14.2. The van der Waals surface area contributed by atoms with Crippen molar-refractivity contribution in [2.24, 2.45) is 0 Å². The van der Waals surface area contributed by atoms with Crippen LogP contribution in [0.2, 0.25) is 5.02 Å². The van der Waals surface area contributed by atoms with Gasteiger partial charge in [0.1, 0.15) is 11.4 Å². The van der Waals surface area contributed by atoms with Crippen molar-refractivity contribution >= 4 is 11.6 Å². The average Bonchev–Trinajstić information content (AvgIpc) is 3.05. The third kappa shape index (κ3) is 3.27. The van der Waals surface area contributed by atoms with Crippen LogP contribution in [0, 0.1) is 0 Å². The van der Waals surface area contributed by atoms with E-state index in [1.54, 1.807) is 18.3 Å². The molecule has 2 aromatic carbocycles. The second kappa shape index (κ2) is 6.63. The number of hydrogen-bond donors (Lipinski definition) is 2. The molecule has 0 fully saturated rings. The molecule has 3 rings (SSSR count). The van der Waals surface area contributed by atoms with Crippen LogP contribution in [0.1, 0.15) is 24.6 Å². The van der Waals surface area contributed by atoms with E-state index in [1.807, 2.05) is 37.3 Å². The Bertz CT molecular complexity index is 835. The number of aromatic nitrogens is 3. The maximum absolute atomic E-state index is 11.0. The maximum atomic E-state index is 11.0. The molecule has 1 unspecified atom stereocenters. The molecule has 5 nitrogen and oxygen atoms in total. The van der Waals surface area contributed by atoms with Crippen LogP contribution in [0.4, 0.5) is 0 Å². The lowest BCUT2D eigenvalue weighted by Crippen LogP contribution is -2.27. The molecule has 6 heteroatoms. The first-order valence-corrected chi connectivity index (χ1v) is 8.07. The van der Waals surface area contributed by atoms with Gasteiger partial charge in [-0.1, -0.05) is 54.1 Å². The molecule has 0 spiro atoms. The molecule has 3 aromatic rings. The highest BCUT2D eigenvalue weighted by Crippen LogP contribution is 2.29. The summed E-state index contributed by atoms with van der Waals surface area (Å²) >= 11 is 5.97. The van der Waals surface area contributed by atoms with Crippen LogP contribution in [-0.2, 0) is 12.0 Å². The lowest BCUT2D eigenvalue weighted by molar-refractivity contribution is 0.0317. The fourth-order valence-corrected chi connectivity index (χ4v) is 2.82. The normalized spacial score (nSPS) is 13.6. The van der Waals surface area contributed by atoms with Crippen LogP contribution >= 0.6 is 11.6 Å². The van der Waals surface area contributed by atoms with Crippen LogP contribution in [-0.4, -0.2) is 25.2 Å². The molecule has 0 amide bonds. The van der Waals surface area contributed by atoms with E-state index >= 15 is 0 Å². The molecule has 2 N–H and O–H groups in total. The van der Waals surface area contributed by atoms with E-state index in [0.717, 1.165) is 5.56 Å². The van der Waals surface area contributed by atoms with Crippen molar-refractivity contribution < 1.29 is 10.2 Å². The minimum atomic E-state index is -1.02. The quantitative estimate of drug-likeness (QED) is 0.744. The summed E-state index contributed by atoms with van der Waals surface area (Å²) in [6.07, 6.45) is 2.57. The predicted octanol–water partition coefficient (Wildman–Crippen LogP) is 3.47. The summed E-state index contributed by atoms with van der Waals surface area (Å²) in [5.74, 6) is 0.0599. The largest absolute Gasteiger partial charge is 0.506 e. The van der Waals surface area contributed by atoms with Crippen LogP contribution in [0.25, 0.3) is 5.69 Å².